The van der Waals surface area contributed by atoms with Crippen molar-refractivity contribution in [2.45, 2.75) is 25.2 Å². The number of anilines is 1. The first-order chi connectivity index (χ1) is 9.20. The monoisotopic (exact) mass is 300 g/mol. The van der Waals surface area contributed by atoms with Gasteiger partial charge in [0.1, 0.15) is 4.90 Å². The molecular weight excluding hydrogens is 276 g/mol. The van der Waals surface area contributed by atoms with Crippen LogP contribution in [0.5, 0.6) is 0 Å². The standard InChI is InChI=1S/C14H24N2O3S/c1-14(2,9-10-17)11-15-12-7-5-6-8-13(12)20(18,19)16(3)4/h5-8,15,17H,9-11H2,1-4H3. The minimum Gasteiger partial charge on any atom is -0.396 e. The minimum absolute atomic E-state index is 0.107. The van der Waals surface area contributed by atoms with Gasteiger partial charge in [-0.15, -0.1) is 0 Å². The van der Waals surface area contributed by atoms with Gasteiger partial charge in [-0.25, -0.2) is 12.7 Å². The molecule has 2 N–H and O–H groups in total. The summed E-state index contributed by atoms with van der Waals surface area (Å²) in [6.07, 6.45) is 0.655. The average Bonchev–Trinajstić information content (AvgIpc) is 2.36. The number of sulfonamides is 1. The van der Waals surface area contributed by atoms with E-state index in [1.807, 2.05) is 13.8 Å². The van der Waals surface area contributed by atoms with Gasteiger partial charge in [-0.1, -0.05) is 26.0 Å². The molecule has 0 aliphatic heterocycles. The second kappa shape index (κ2) is 6.56. The van der Waals surface area contributed by atoms with Crippen molar-refractivity contribution < 1.29 is 13.5 Å². The summed E-state index contributed by atoms with van der Waals surface area (Å²) in [5.41, 5.74) is 0.483. The summed E-state index contributed by atoms with van der Waals surface area (Å²) < 4.78 is 25.7. The molecular formula is C14H24N2O3S. The number of aliphatic hydroxyl groups excluding tert-OH is 1. The van der Waals surface area contributed by atoms with Gasteiger partial charge in [0.2, 0.25) is 10.0 Å². The van der Waals surface area contributed by atoms with Gasteiger partial charge in [0.15, 0.2) is 0 Å². The molecule has 0 atom stereocenters. The van der Waals surface area contributed by atoms with Crippen molar-refractivity contribution in [1.29, 1.82) is 0 Å². The van der Waals surface area contributed by atoms with Crippen LogP contribution in [-0.4, -0.2) is 45.1 Å². The Hall–Kier alpha value is -1.11. The van der Waals surface area contributed by atoms with Crippen LogP contribution in [0.3, 0.4) is 0 Å². The molecule has 0 radical (unpaired) electrons. The fourth-order valence-corrected chi connectivity index (χ4v) is 2.82. The maximum atomic E-state index is 12.2. The van der Waals surface area contributed by atoms with Gasteiger partial charge < -0.3 is 10.4 Å². The highest BCUT2D eigenvalue weighted by Gasteiger charge is 2.22. The van der Waals surface area contributed by atoms with Crippen molar-refractivity contribution in [2.75, 3.05) is 32.6 Å². The number of hydrogen-bond acceptors (Lipinski definition) is 4. The molecule has 1 rings (SSSR count). The summed E-state index contributed by atoms with van der Waals surface area (Å²) in [6, 6.07) is 6.86. The fraction of sp³-hybridized carbons (Fsp3) is 0.571. The van der Waals surface area contributed by atoms with Crippen LogP contribution >= 0.6 is 0 Å². The van der Waals surface area contributed by atoms with Gasteiger partial charge in [-0.3, -0.25) is 0 Å². The molecule has 1 aromatic rings. The van der Waals surface area contributed by atoms with E-state index in [1.54, 1.807) is 24.3 Å². The average molecular weight is 300 g/mol. The van der Waals surface area contributed by atoms with E-state index < -0.39 is 10.0 Å². The Morgan fingerprint density at radius 2 is 1.85 bits per heavy atom. The lowest BCUT2D eigenvalue weighted by Gasteiger charge is -2.25. The van der Waals surface area contributed by atoms with Crippen LogP contribution in [0.2, 0.25) is 0 Å². The van der Waals surface area contributed by atoms with Crippen LogP contribution in [0.4, 0.5) is 5.69 Å². The van der Waals surface area contributed by atoms with Crippen LogP contribution in [0.15, 0.2) is 29.2 Å². The summed E-state index contributed by atoms with van der Waals surface area (Å²) in [7, 11) is -0.435. The highest BCUT2D eigenvalue weighted by Crippen LogP contribution is 2.26. The van der Waals surface area contributed by atoms with Crippen LogP contribution in [-0.2, 0) is 10.0 Å². The maximum Gasteiger partial charge on any atom is 0.244 e. The molecule has 1 aromatic carbocycles. The van der Waals surface area contributed by atoms with Gasteiger partial charge in [-0.2, -0.15) is 0 Å². The van der Waals surface area contributed by atoms with E-state index >= 15 is 0 Å². The molecule has 0 aliphatic carbocycles. The van der Waals surface area contributed by atoms with Crippen molar-refractivity contribution in [1.82, 2.24) is 4.31 Å². The lowest BCUT2D eigenvalue weighted by Crippen LogP contribution is -2.27. The third kappa shape index (κ3) is 4.19. The predicted octanol–water partition coefficient (Wildman–Crippen LogP) is 1.76. The summed E-state index contributed by atoms with van der Waals surface area (Å²) >= 11 is 0. The largest absolute Gasteiger partial charge is 0.396 e. The van der Waals surface area contributed by atoms with E-state index in [-0.39, 0.29) is 16.9 Å². The Kier molecular flexibility index (Phi) is 5.56. The molecule has 0 spiro atoms. The first-order valence-electron chi connectivity index (χ1n) is 6.57. The van der Waals surface area contributed by atoms with Gasteiger partial charge in [-0.05, 0) is 24.0 Å². The maximum absolute atomic E-state index is 12.2. The Morgan fingerprint density at radius 3 is 2.40 bits per heavy atom. The van der Waals surface area contributed by atoms with Crippen LogP contribution in [0, 0.1) is 5.41 Å². The van der Waals surface area contributed by atoms with Gasteiger partial charge in [0.25, 0.3) is 0 Å². The lowest BCUT2D eigenvalue weighted by molar-refractivity contribution is 0.220. The number of aliphatic hydroxyl groups is 1. The summed E-state index contributed by atoms with van der Waals surface area (Å²) in [5.74, 6) is 0. The number of para-hydroxylation sites is 1. The molecule has 0 bridgehead atoms. The smallest absolute Gasteiger partial charge is 0.244 e. The van der Waals surface area contributed by atoms with E-state index in [2.05, 4.69) is 5.32 Å². The second-order valence-electron chi connectivity index (χ2n) is 5.77. The normalized spacial score (nSPS) is 12.7. The van der Waals surface area contributed by atoms with E-state index in [9.17, 15) is 8.42 Å². The highest BCUT2D eigenvalue weighted by molar-refractivity contribution is 7.89. The lowest BCUT2D eigenvalue weighted by atomic mass is 9.90. The Morgan fingerprint density at radius 1 is 1.25 bits per heavy atom. The third-order valence-electron chi connectivity index (χ3n) is 3.19. The molecule has 0 heterocycles. The van der Waals surface area contributed by atoms with Crippen LogP contribution in [0.1, 0.15) is 20.3 Å². The van der Waals surface area contributed by atoms with Crippen molar-refractivity contribution in [3.63, 3.8) is 0 Å². The molecule has 114 valence electrons. The Balaban J connectivity index is 2.98. The van der Waals surface area contributed by atoms with Crippen molar-refractivity contribution >= 4 is 15.7 Å². The molecule has 0 unspecified atom stereocenters. The Bertz CT molecular complexity index is 539. The third-order valence-corrected chi connectivity index (χ3v) is 5.06. The van der Waals surface area contributed by atoms with Crippen molar-refractivity contribution in [2.24, 2.45) is 5.41 Å². The topological polar surface area (TPSA) is 69.6 Å². The quantitative estimate of drug-likeness (QED) is 0.805. The SMILES string of the molecule is CN(C)S(=O)(=O)c1ccccc1NCC(C)(C)CCO. The first kappa shape index (κ1) is 16.9. The number of rotatable bonds is 7. The molecule has 0 aromatic heterocycles. The molecule has 0 fully saturated rings. The number of hydrogen-bond donors (Lipinski definition) is 2. The second-order valence-corrected chi connectivity index (χ2v) is 7.90. The van der Waals surface area contributed by atoms with E-state index in [4.69, 9.17) is 5.11 Å². The highest BCUT2D eigenvalue weighted by atomic mass is 32.2. The van der Waals surface area contributed by atoms with Crippen molar-refractivity contribution in [3.05, 3.63) is 24.3 Å². The number of nitrogens with one attached hydrogen (secondary N) is 1. The van der Waals surface area contributed by atoms with E-state index in [1.165, 1.54) is 18.4 Å². The number of benzene rings is 1. The summed E-state index contributed by atoms with van der Waals surface area (Å²) in [6.45, 7) is 4.76. The summed E-state index contributed by atoms with van der Waals surface area (Å²) in [5, 5.41) is 12.2. The zero-order valence-corrected chi connectivity index (χ0v) is 13.4. The molecule has 0 aliphatic rings. The van der Waals surface area contributed by atoms with E-state index in [0.29, 0.717) is 18.7 Å². The molecule has 20 heavy (non-hydrogen) atoms. The van der Waals surface area contributed by atoms with E-state index in [0.717, 1.165) is 0 Å². The van der Waals surface area contributed by atoms with Gasteiger partial charge in [0.05, 0.1) is 5.69 Å². The fourth-order valence-electron chi connectivity index (χ4n) is 1.76. The molecule has 0 saturated carbocycles. The van der Waals surface area contributed by atoms with Gasteiger partial charge >= 0.3 is 0 Å². The number of nitrogens with zero attached hydrogens (tertiary/aromatic N) is 1. The summed E-state index contributed by atoms with van der Waals surface area (Å²) in [4.78, 5) is 0.268. The molecule has 0 amide bonds. The molecule has 0 saturated heterocycles. The zero-order valence-electron chi connectivity index (χ0n) is 12.5. The van der Waals surface area contributed by atoms with Crippen molar-refractivity contribution in [3.8, 4) is 0 Å². The molecule has 5 nitrogen and oxygen atoms in total. The first-order valence-corrected chi connectivity index (χ1v) is 8.01. The van der Waals surface area contributed by atoms with Crippen LogP contribution < -0.4 is 5.32 Å². The zero-order chi connectivity index (χ0) is 15.4. The Labute approximate surface area is 121 Å². The minimum atomic E-state index is -3.47. The molecule has 6 heteroatoms. The van der Waals surface area contributed by atoms with Gasteiger partial charge in [0, 0.05) is 27.2 Å². The predicted molar refractivity (Wildman–Crippen MR) is 81.3 cm³/mol. The van der Waals surface area contributed by atoms with Crippen LogP contribution in [0.25, 0.3) is 0 Å².